The maximum absolute atomic E-state index is 13.9. The zero-order chi connectivity index (χ0) is 21.3. The van der Waals surface area contributed by atoms with Gasteiger partial charge in [0.25, 0.3) is 0 Å². The first-order valence-electron chi connectivity index (χ1n) is 8.77. The van der Waals surface area contributed by atoms with E-state index >= 15 is 0 Å². The van der Waals surface area contributed by atoms with Crippen molar-refractivity contribution in [1.29, 1.82) is 5.26 Å². The van der Waals surface area contributed by atoms with E-state index in [1.165, 1.54) is 23.6 Å². The molecule has 0 bridgehead atoms. The zero-order valence-electron chi connectivity index (χ0n) is 15.6. The van der Waals surface area contributed by atoms with Crippen LogP contribution in [0.25, 0.3) is 27.8 Å². The molecule has 0 atom stereocenters. The number of nitrogens with one attached hydrogen (secondary N) is 1. The zero-order valence-corrected chi connectivity index (χ0v) is 18.0. The number of nitrogens with zero attached hydrogens (tertiary/aromatic N) is 2. The molecule has 30 heavy (non-hydrogen) atoms. The van der Waals surface area contributed by atoms with Gasteiger partial charge in [-0.3, -0.25) is 0 Å². The lowest BCUT2D eigenvalue weighted by molar-refractivity contribution is 0.563. The molecule has 2 aromatic carbocycles. The minimum absolute atomic E-state index is 0.222. The molecule has 0 unspecified atom stereocenters. The molecule has 2 heterocycles. The Hall–Kier alpha value is -3.28. The summed E-state index contributed by atoms with van der Waals surface area (Å²) < 4.78 is 20.2. The van der Waals surface area contributed by atoms with Crippen LogP contribution < -0.4 is 10.9 Å². The van der Waals surface area contributed by atoms with E-state index in [9.17, 15) is 14.4 Å². The van der Waals surface area contributed by atoms with Crippen LogP contribution in [0.4, 0.5) is 10.1 Å². The molecule has 0 saturated heterocycles. The summed E-state index contributed by atoms with van der Waals surface area (Å²) in [5.74, 6) is -0.422. The Kier molecular flexibility index (Phi) is 5.48. The van der Waals surface area contributed by atoms with Crippen molar-refractivity contribution in [2.45, 2.75) is 6.92 Å². The molecule has 0 aliphatic carbocycles. The molecule has 0 radical (unpaired) electrons. The van der Waals surface area contributed by atoms with E-state index in [-0.39, 0.29) is 11.3 Å². The van der Waals surface area contributed by atoms with Crippen molar-refractivity contribution in [2.24, 2.45) is 0 Å². The highest BCUT2D eigenvalue weighted by atomic mass is 79.9. The van der Waals surface area contributed by atoms with Gasteiger partial charge in [-0.15, -0.1) is 11.3 Å². The Morgan fingerprint density at radius 2 is 2.13 bits per heavy atom. The van der Waals surface area contributed by atoms with Crippen molar-refractivity contribution in [3.63, 3.8) is 0 Å². The smallest absolute Gasteiger partial charge is 0.345 e. The third-order valence-electron chi connectivity index (χ3n) is 4.32. The summed E-state index contributed by atoms with van der Waals surface area (Å²) in [5.41, 5.74) is 2.05. The van der Waals surface area contributed by atoms with Crippen molar-refractivity contribution < 1.29 is 8.81 Å². The summed E-state index contributed by atoms with van der Waals surface area (Å²) in [6.45, 7) is 1.85. The fourth-order valence-corrected chi connectivity index (χ4v) is 4.00. The lowest BCUT2D eigenvalue weighted by atomic mass is 10.1. The number of rotatable bonds is 4. The normalized spacial score (nSPS) is 11.5. The second kappa shape index (κ2) is 8.22. The number of halogens is 2. The van der Waals surface area contributed by atoms with Crippen LogP contribution in [0.1, 0.15) is 10.6 Å². The van der Waals surface area contributed by atoms with E-state index in [0.717, 1.165) is 15.4 Å². The monoisotopic (exact) mass is 481 g/mol. The Morgan fingerprint density at radius 1 is 1.30 bits per heavy atom. The van der Waals surface area contributed by atoms with Gasteiger partial charge >= 0.3 is 5.63 Å². The molecule has 4 rings (SSSR count). The van der Waals surface area contributed by atoms with Crippen molar-refractivity contribution in [3.8, 4) is 17.3 Å². The lowest BCUT2D eigenvalue weighted by Gasteiger charge is -2.04. The first-order chi connectivity index (χ1) is 14.4. The molecule has 0 amide bonds. The first kappa shape index (κ1) is 20.0. The Morgan fingerprint density at radius 3 is 2.93 bits per heavy atom. The highest BCUT2D eigenvalue weighted by Crippen LogP contribution is 2.27. The summed E-state index contributed by atoms with van der Waals surface area (Å²) in [4.78, 5) is 16.8. The third-order valence-corrected chi connectivity index (χ3v) is 5.69. The molecule has 1 N–H and O–H groups in total. The summed E-state index contributed by atoms with van der Waals surface area (Å²) in [6, 6.07) is 13.8. The second-order valence-corrected chi connectivity index (χ2v) is 8.24. The van der Waals surface area contributed by atoms with E-state index in [1.54, 1.807) is 35.7 Å². The summed E-state index contributed by atoms with van der Waals surface area (Å²) in [6.07, 6.45) is 1.40. The lowest BCUT2D eigenvalue weighted by Crippen LogP contribution is -2.03. The standard InChI is InChI=1S/C22H13BrFN3O2S/c1-12-2-4-17(24)18(6-12)26-10-14(9-25)21-27-19(11-30-21)16-8-13-7-15(23)3-5-20(13)29-22(16)28/h2-8,10-11,26H,1H3/b14-10-. The van der Waals surface area contributed by atoms with Crippen LogP contribution in [0.2, 0.25) is 0 Å². The first-order valence-corrected chi connectivity index (χ1v) is 10.4. The molecular formula is C22H13BrFN3O2S. The topological polar surface area (TPSA) is 78.9 Å². The maximum atomic E-state index is 13.9. The van der Waals surface area contributed by atoms with Crippen LogP contribution in [0.15, 0.2) is 67.7 Å². The quantitative estimate of drug-likeness (QED) is 0.281. The molecular weight excluding hydrogens is 469 g/mol. The molecule has 0 saturated carbocycles. The van der Waals surface area contributed by atoms with Crippen molar-refractivity contribution in [2.75, 3.05) is 5.32 Å². The molecule has 148 valence electrons. The molecule has 0 aliphatic rings. The summed E-state index contributed by atoms with van der Waals surface area (Å²) >= 11 is 4.61. The van der Waals surface area contributed by atoms with Gasteiger partial charge in [0.15, 0.2) is 0 Å². The number of anilines is 1. The van der Waals surface area contributed by atoms with E-state index < -0.39 is 11.4 Å². The molecule has 8 heteroatoms. The van der Waals surface area contributed by atoms with Crippen molar-refractivity contribution in [1.82, 2.24) is 4.98 Å². The van der Waals surface area contributed by atoms with Crippen LogP contribution in [0.3, 0.4) is 0 Å². The number of aromatic nitrogens is 1. The largest absolute Gasteiger partial charge is 0.422 e. The third kappa shape index (κ3) is 4.03. The summed E-state index contributed by atoms with van der Waals surface area (Å²) in [7, 11) is 0. The maximum Gasteiger partial charge on any atom is 0.345 e. The van der Waals surface area contributed by atoms with Gasteiger partial charge in [-0.1, -0.05) is 22.0 Å². The number of aryl methyl sites for hydroxylation is 1. The number of thiazole rings is 1. The fourth-order valence-electron chi connectivity index (χ4n) is 2.84. The van der Waals surface area contributed by atoms with Gasteiger partial charge in [-0.05, 0) is 48.9 Å². The van der Waals surface area contributed by atoms with Gasteiger partial charge in [-0.25, -0.2) is 14.2 Å². The highest BCUT2D eigenvalue weighted by molar-refractivity contribution is 9.10. The van der Waals surface area contributed by atoms with Crippen LogP contribution in [-0.4, -0.2) is 4.98 Å². The van der Waals surface area contributed by atoms with Crippen LogP contribution in [0.5, 0.6) is 0 Å². The predicted octanol–water partition coefficient (Wildman–Crippen LogP) is 6.10. The highest BCUT2D eigenvalue weighted by Gasteiger charge is 2.14. The summed E-state index contributed by atoms with van der Waals surface area (Å²) in [5, 5.41) is 15.2. The van der Waals surface area contributed by atoms with E-state index in [1.807, 2.05) is 13.0 Å². The fraction of sp³-hybridized carbons (Fsp3) is 0.0455. The Bertz CT molecular complexity index is 1400. The second-order valence-electron chi connectivity index (χ2n) is 6.47. The van der Waals surface area contributed by atoms with Gasteiger partial charge in [0, 0.05) is 21.4 Å². The SMILES string of the molecule is Cc1ccc(F)c(N/C=C(/C#N)c2nc(-c3cc4cc(Br)ccc4oc3=O)cs2)c1. The average Bonchev–Trinajstić information content (AvgIpc) is 3.20. The van der Waals surface area contributed by atoms with Crippen LogP contribution >= 0.6 is 27.3 Å². The molecule has 5 nitrogen and oxygen atoms in total. The van der Waals surface area contributed by atoms with Gasteiger partial charge in [0.2, 0.25) is 0 Å². The van der Waals surface area contributed by atoms with E-state index in [2.05, 4.69) is 32.3 Å². The number of hydrogen-bond donors (Lipinski definition) is 1. The van der Waals surface area contributed by atoms with Crippen LogP contribution in [0, 0.1) is 24.1 Å². The molecule has 2 aromatic heterocycles. The predicted molar refractivity (Wildman–Crippen MR) is 120 cm³/mol. The van der Waals surface area contributed by atoms with Crippen molar-refractivity contribution >= 4 is 49.5 Å². The van der Waals surface area contributed by atoms with Gasteiger partial charge < -0.3 is 9.73 Å². The number of nitriles is 1. The minimum atomic E-state index is -0.510. The van der Waals surface area contributed by atoms with Crippen molar-refractivity contribution in [3.05, 3.63) is 85.3 Å². The average molecular weight is 482 g/mol. The minimum Gasteiger partial charge on any atom is -0.422 e. The molecule has 0 spiro atoms. The van der Waals surface area contributed by atoms with Gasteiger partial charge in [0.05, 0.1) is 16.9 Å². The van der Waals surface area contributed by atoms with Crippen LogP contribution in [-0.2, 0) is 0 Å². The van der Waals surface area contributed by atoms with E-state index in [4.69, 9.17) is 4.42 Å². The number of benzene rings is 2. The number of allylic oxidation sites excluding steroid dienone is 1. The number of fused-ring (bicyclic) bond motifs is 1. The van der Waals surface area contributed by atoms with Gasteiger partial charge in [0.1, 0.15) is 28.1 Å². The number of hydrogen-bond acceptors (Lipinski definition) is 6. The molecule has 0 fully saturated rings. The van der Waals surface area contributed by atoms with Gasteiger partial charge in [-0.2, -0.15) is 5.26 Å². The molecule has 0 aliphatic heterocycles. The Balaban J connectivity index is 1.68. The molecule has 4 aromatic rings. The Labute approximate surface area is 183 Å². The van der Waals surface area contributed by atoms with E-state index in [0.29, 0.717) is 21.8 Å².